The molecule has 1 aromatic rings. The van der Waals surface area contributed by atoms with E-state index >= 15 is 0 Å². The number of aliphatic carboxylic acids is 1. The lowest BCUT2D eigenvalue weighted by Crippen LogP contribution is -2.51. The van der Waals surface area contributed by atoms with Crippen molar-refractivity contribution in [2.75, 3.05) is 5.32 Å². The first kappa shape index (κ1) is 15.0. The van der Waals surface area contributed by atoms with Gasteiger partial charge in [0.25, 0.3) is 0 Å². The lowest BCUT2D eigenvalue weighted by atomic mass is 10.1. The molecule has 1 rings (SSSR count). The average molecular weight is 326 g/mol. The zero-order chi connectivity index (χ0) is 14.6. The molecular weight excluding hydrogens is 314 g/mol. The van der Waals surface area contributed by atoms with E-state index in [-0.39, 0.29) is 5.56 Å². The summed E-state index contributed by atoms with van der Waals surface area (Å²) in [4.78, 5) is 22.6. The van der Waals surface area contributed by atoms with Crippen molar-refractivity contribution in [1.29, 1.82) is 5.26 Å². The fraction of sp³-hybridized carbons (Fsp3) is 0.250. The third-order valence-electron chi connectivity index (χ3n) is 2.31. The van der Waals surface area contributed by atoms with Crippen LogP contribution in [0.15, 0.2) is 22.7 Å². The number of carbonyl (C=O) groups is 2. The minimum atomic E-state index is -1.40. The SMILES string of the molecule is CC(C)(NC(=O)Nc1ccc(Br)cc1C#N)C(=O)O. The molecule has 0 unspecified atom stereocenters. The third-order valence-corrected chi connectivity index (χ3v) is 2.80. The van der Waals surface area contributed by atoms with E-state index in [1.54, 1.807) is 18.2 Å². The minimum Gasteiger partial charge on any atom is -0.480 e. The van der Waals surface area contributed by atoms with Gasteiger partial charge in [-0.3, -0.25) is 0 Å². The number of carbonyl (C=O) groups excluding carboxylic acids is 1. The van der Waals surface area contributed by atoms with Crippen LogP contribution >= 0.6 is 15.9 Å². The maximum Gasteiger partial charge on any atom is 0.328 e. The Hall–Kier alpha value is -2.07. The average Bonchev–Trinajstić information content (AvgIpc) is 2.30. The zero-order valence-electron chi connectivity index (χ0n) is 10.3. The fourth-order valence-corrected chi connectivity index (χ4v) is 1.57. The summed E-state index contributed by atoms with van der Waals surface area (Å²) in [5.74, 6) is -1.15. The molecule has 100 valence electrons. The second kappa shape index (κ2) is 5.71. The Balaban J connectivity index is 2.84. The van der Waals surface area contributed by atoms with Gasteiger partial charge in [0.15, 0.2) is 0 Å². The highest BCUT2D eigenvalue weighted by molar-refractivity contribution is 9.10. The van der Waals surface area contributed by atoms with Gasteiger partial charge in [0.1, 0.15) is 11.6 Å². The molecule has 3 N–H and O–H groups in total. The van der Waals surface area contributed by atoms with Crippen molar-refractivity contribution in [1.82, 2.24) is 5.32 Å². The number of amides is 2. The fourth-order valence-electron chi connectivity index (χ4n) is 1.21. The van der Waals surface area contributed by atoms with Crippen molar-refractivity contribution in [2.24, 2.45) is 0 Å². The highest BCUT2D eigenvalue weighted by Crippen LogP contribution is 2.20. The van der Waals surface area contributed by atoms with Gasteiger partial charge in [-0.1, -0.05) is 15.9 Å². The molecule has 6 nitrogen and oxygen atoms in total. The second-order valence-electron chi connectivity index (χ2n) is 4.31. The smallest absolute Gasteiger partial charge is 0.328 e. The maximum absolute atomic E-state index is 11.7. The van der Waals surface area contributed by atoms with E-state index in [2.05, 4.69) is 26.6 Å². The number of hydrogen-bond acceptors (Lipinski definition) is 3. The zero-order valence-corrected chi connectivity index (χ0v) is 11.9. The van der Waals surface area contributed by atoms with Crippen molar-refractivity contribution in [3.8, 4) is 6.07 Å². The number of nitrogens with zero attached hydrogens (tertiary/aromatic N) is 1. The summed E-state index contributed by atoms with van der Waals surface area (Å²) >= 11 is 3.21. The van der Waals surface area contributed by atoms with E-state index < -0.39 is 17.5 Å². The van der Waals surface area contributed by atoms with Crippen molar-refractivity contribution in [3.63, 3.8) is 0 Å². The van der Waals surface area contributed by atoms with E-state index in [1.807, 2.05) is 6.07 Å². The van der Waals surface area contributed by atoms with Crippen LogP contribution in [-0.2, 0) is 4.79 Å². The topological polar surface area (TPSA) is 102 Å². The summed E-state index contributed by atoms with van der Waals surface area (Å²) in [6, 6.07) is 6.02. The summed E-state index contributed by atoms with van der Waals surface area (Å²) in [6.45, 7) is 2.73. The molecule has 0 saturated heterocycles. The van der Waals surface area contributed by atoms with Gasteiger partial charge in [-0.25, -0.2) is 9.59 Å². The maximum atomic E-state index is 11.7. The summed E-state index contributed by atoms with van der Waals surface area (Å²) in [7, 11) is 0. The Morgan fingerprint density at radius 3 is 2.58 bits per heavy atom. The number of carboxylic acids is 1. The largest absolute Gasteiger partial charge is 0.480 e. The number of nitrogens with one attached hydrogen (secondary N) is 2. The Bertz CT molecular complexity index is 564. The van der Waals surface area contributed by atoms with Crippen molar-refractivity contribution >= 4 is 33.6 Å². The predicted molar refractivity (Wildman–Crippen MR) is 72.7 cm³/mol. The number of rotatable bonds is 3. The molecule has 0 aliphatic rings. The van der Waals surface area contributed by atoms with Gasteiger partial charge in [-0.15, -0.1) is 0 Å². The van der Waals surface area contributed by atoms with Crippen molar-refractivity contribution in [3.05, 3.63) is 28.2 Å². The van der Waals surface area contributed by atoms with Gasteiger partial charge in [0.05, 0.1) is 11.3 Å². The number of benzene rings is 1. The lowest BCUT2D eigenvalue weighted by molar-refractivity contribution is -0.142. The molecule has 0 saturated carbocycles. The van der Waals surface area contributed by atoms with E-state index in [9.17, 15) is 9.59 Å². The van der Waals surface area contributed by atoms with Crippen LogP contribution < -0.4 is 10.6 Å². The molecule has 7 heteroatoms. The van der Waals surface area contributed by atoms with E-state index in [0.29, 0.717) is 10.2 Å². The molecule has 0 atom stereocenters. The Kier molecular flexibility index (Phi) is 4.51. The van der Waals surface area contributed by atoms with Crippen LogP contribution in [0, 0.1) is 11.3 Å². The molecule has 0 radical (unpaired) electrons. The van der Waals surface area contributed by atoms with E-state index in [4.69, 9.17) is 10.4 Å². The molecule has 0 aromatic heterocycles. The van der Waals surface area contributed by atoms with Crippen LogP contribution in [0.4, 0.5) is 10.5 Å². The molecule has 0 spiro atoms. The van der Waals surface area contributed by atoms with Crippen LogP contribution in [0.5, 0.6) is 0 Å². The summed E-state index contributed by atoms with van der Waals surface area (Å²) in [5, 5.41) is 22.6. The molecule has 0 heterocycles. The van der Waals surface area contributed by atoms with Crippen LogP contribution in [0.2, 0.25) is 0 Å². The van der Waals surface area contributed by atoms with Gasteiger partial charge in [-0.05, 0) is 32.0 Å². The molecule has 0 aliphatic carbocycles. The normalized spacial score (nSPS) is 10.4. The minimum absolute atomic E-state index is 0.276. The van der Waals surface area contributed by atoms with E-state index in [0.717, 1.165) is 0 Å². The number of urea groups is 1. The Morgan fingerprint density at radius 1 is 1.42 bits per heavy atom. The van der Waals surface area contributed by atoms with Crippen LogP contribution in [0.25, 0.3) is 0 Å². The number of hydrogen-bond donors (Lipinski definition) is 3. The molecule has 0 fully saturated rings. The number of halogens is 1. The highest BCUT2D eigenvalue weighted by Gasteiger charge is 2.29. The molecule has 1 aromatic carbocycles. The van der Waals surface area contributed by atoms with Gasteiger partial charge in [0.2, 0.25) is 0 Å². The first-order valence-corrected chi connectivity index (χ1v) is 6.08. The van der Waals surface area contributed by atoms with Crippen LogP contribution in [0.3, 0.4) is 0 Å². The first-order valence-electron chi connectivity index (χ1n) is 5.28. The summed E-state index contributed by atoms with van der Waals surface area (Å²) < 4.78 is 0.709. The number of anilines is 1. The third kappa shape index (κ3) is 3.96. The van der Waals surface area contributed by atoms with Gasteiger partial charge in [0, 0.05) is 4.47 Å². The van der Waals surface area contributed by atoms with Crippen LogP contribution in [-0.4, -0.2) is 22.6 Å². The number of nitriles is 1. The Morgan fingerprint density at radius 2 is 2.05 bits per heavy atom. The monoisotopic (exact) mass is 325 g/mol. The Labute approximate surface area is 118 Å². The molecule has 2 amide bonds. The standard InChI is InChI=1S/C12H12BrN3O3/c1-12(2,10(17)18)16-11(19)15-9-4-3-8(13)5-7(9)6-14/h3-5H,1-2H3,(H,17,18)(H2,15,16,19). The lowest BCUT2D eigenvalue weighted by Gasteiger charge is -2.21. The van der Waals surface area contributed by atoms with Gasteiger partial charge >= 0.3 is 12.0 Å². The molecule has 0 bridgehead atoms. The van der Waals surface area contributed by atoms with Crippen molar-refractivity contribution in [2.45, 2.75) is 19.4 Å². The van der Waals surface area contributed by atoms with E-state index in [1.165, 1.54) is 13.8 Å². The highest BCUT2D eigenvalue weighted by atomic mass is 79.9. The van der Waals surface area contributed by atoms with Gasteiger partial charge < -0.3 is 15.7 Å². The summed E-state index contributed by atoms with van der Waals surface area (Å²) in [5.41, 5.74) is -0.811. The summed E-state index contributed by atoms with van der Waals surface area (Å²) in [6.07, 6.45) is 0. The van der Waals surface area contributed by atoms with Crippen molar-refractivity contribution < 1.29 is 14.7 Å². The molecular formula is C12H12BrN3O3. The van der Waals surface area contributed by atoms with Gasteiger partial charge in [-0.2, -0.15) is 5.26 Å². The van der Waals surface area contributed by atoms with Crippen LogP contribution in [0.1, 0.15) is 19.4 Å². The quantitative estimate of drug-likeness (QED) is 0.793. The first-order chi connectivity index (χ1) is 8.76. The molecule has 0 aliphatic heterocycles. The predicted octanol–water partition coefficient (Wildman–Crippen LogP) is 2.31. The molecule has 19 heavy (non-hydrogen) atoms. The second-order valence-corrected chi connectivity index (χ2v) is 5.23. The number of carboxylic acid groups (broad SMARTS) is 1.